The molecule has 0 bridgehead atoms. The topological polar surface area (TPSA) is 75.5 Å². The van der Waals surface area contributed by atoms with Crippen LogP contribution in [0, 0.1) is 10.1 Å². The molecule has 1 aromatic rings. The maximum Gasteiger partial charge on any atom is 0.271 e. The lowest BCUT2D eigenvalue weighted by Gasteiger charge is -2.24. The second-order valence-corrected chi connectivity index (χ2v) is 5.95. The van der Waals surface area contributed by atoms with Gasteiger partial charge in [0.15, 0.2) is 0 Å². The molecular formula is C13H18ClN3O3. The van der Waals surface area contributed by atoms with Crippen LogP contribution in [0.2, 0.25) is 5.02 Å². The number of carbonyl (C=O) groups excluding carboxylic acids is 1. The molecule has 0 atom stereocenters. The highest BCUT2D eigenvalue weighted by atomic mass is 35.5. The number of likely N-dealkylation sites (N-methyl/N-ethyl adjacent to an activating group) is 1. The molecule has 7 heteroatoms. The molecule has 1 rings (SSSR count). The molecule has 0 aliphatic heterocycles. The molecular weight excluding hydrogens is 282 g/mol. The average molecular weight is 300 g/mol. The summed E-state index contributed by atoms with van der Waals surface area (Å²) in [6.45, 7) is 5.80. The summed E-state index contributed by atoms with van der Waals surface area (Å²) in [5.41, 5.74) is 0.185. The summed E-state index contributed by atoms with van der Waals surface area (Å²) in [4.78, 5) is 23.6. The van der Waals surface area contributed by atoms with Gasteiger partial charge in [-0.1, -0.05) is 11.6 Å². The third-order valence-electron chi connectivity index (χ3n) is 2.45. The Hall–Kier alpha value is -1.82. The zero-order valence-corrected chi connectivity index (χ0v) is 12.7. The number of non-ortho nitro benzene ring substituents is 1. The molecule has 1 amide bonds. The molecule has 0 aromatic heterocycles. The Morgan fingerprint density at radius 2 is 2.05 bits per heavy atom. The smallest absolute Gasteiger partial charge is 0.271 e. The number of benzene rings is 1. The van der Waals surface area contributed by atoms with E-state index in [9.17, 15) is 14.9 Å². The molecule has 0 aliphatic rings. The first-order chi connectivity index (χ1) is 9.10. The molecule has 0 spiro atoms. The Morgan fingerprint density at radius 1 is 1.45 bits per heavy atom. The highest BCUT2D eigenvalue weighted by molar-refractivity contribution is 6.33. The van der Waals surface area contributed by atoms with Gasteiger partial charge in [-0.3, -0.25) is 14.9 Å². The third kappa shape index (κ3) is 4.70. The van der Waals surface area contributed by atoms with Gasteiger partial charge < -0.3 is 10.2 Å². The number of halogens is 1. The van der Waals surface area contributed by atoms with Crippen molar-refractivity contribution in [2.24, 2.45) is 0 Å². The van der Waals surface area contributed by atoms with E-state index in [-0.39, 0.29) is 28.7 Å². The van der Waals surface area contributed by atoms with Gasteiger partial charge in [0.25, 0.3) is 5.69 Å². The van der Waals surface area contributed by atoms with Crippen molar-refractivity contribution in [3.63, 3.8) is 0 Å². The van der Waals surface area contributed by atoms with E-state index in [1.165, 1.54) is 18.2 Å². The van der Waals surface area contributed by atoms with Crippen LogP contribution < -0.4 is 10.2 Å². The van der Waals surface area contributed by atoms with Gasteiger partial charge in [-0.05, 0) is 26.8 Å². The number of anilines is 1. The molecule has 0 heterocycles. The molecule has 1 aromatic carbocycles. The monoisotopic (exact) mass is 299 g/mol. The molecule has 1 N–H and O–H groups in total. The van der Waals surface area contributed by atoms with Gasteiger partial charge in [0.1, 0.15) is 0 Å². The number of nitro benzene ring substituents is 1. The molecule has 0 saturated carbocycles. The van der Waals surface area contributed by atoms with E-state index in [1.807, 2.05) is 20.8 Å². The summed E-state index contributed by atoms with van der Waals surface area (Å²) in [6.07, 6.45) is 0. The van der Waals surface area contributed by atoms with Gasteiger partial charge in [-0.25, -0.2) is 0 Å². The fourth-order valence-electron chi connectivity index (χ4n) is 1.68. The minimum atomic E-state index is -0.512. The minimum absolute atomic E-state index is 0.0775. The summed E-state index contributed by atoms with van der Waals surface area (Å²) >= 11 is 6.01. The van der Waals surface area contributed by atoms with Crippen molar-refractivity contribution in [2.75, 3.05) is 18.5 Å². The van der Waals surface area contributed by atoms with Crippen molar-refractivity contribution >= 4 is 28.9 Å². The molecule has 0 fully saturated rings. The Labute approximate surface area is 122 Å². The number of nitro groups is 1. The van der Waals surface area contributed by atoms with E-state index in [4.69, 9.17) is 11.6 Å². The van der Waals surface area contributed by atoms with Crippen molar-refractivity contribution in [1.29, 1.82) is 0 Å². The summed E-state index contributed by atoms with van der Waals surface area (Å²) in [5, 5.41) is 13.7. The standard InChI is InChI=1S/C13H18ClN3O3/c1-13(2,3)15-12(18)8-16(4)11-6-5-9(17(19)20)7-10(11)14/h5-7H,8H2,1-4H3,(H,15,18). The predicted molar refractivity (Wildman–Crippen MR) is 79.3 cm³/mol. The first kappa shape index (κ1) is 16.2. The zero-order valence-electron chi connectivity index (χ0n) is 11.9. The fourth-order valence-corrected chi connectivity index (χ4v) is 2.00. The van der Waals surface area contributed by atoms with Gasteiger partial charge in [0, 0.05) is 24.7 Å². The fraction of sp³-hybridized carbons (Fsp3) is 0.462. The Morgan fingerprint density at radius 3 is 2.50 bits per heavy atom. The highest BCUT2D eigenvalue weighted by Crippen LogP contribution is 2.28. The van der Waals surface area contributed by atoms with Gasteiger partial charge >= 0.3 is 0 Å². The SMILES string of the molecule is CN(CC(=O)NC(C)(C)C)c1ccc([N+](=O)[O-])cc1Cl. The second kappa shape index (κ2) is 6.09. The van der Waals surface area contributed by atoms with Crippen LogP contribution in [0.3, 0.4) is 0 Å². The Bertz CT molecular complexity index is 526. The van der Waals surface area contributed by atoms with Crippen molar-refractivity contribution in [3.8, 4) is 0 Å². The number of amides is 1. The lowest BCUT2D eigenvalue weighted by Crippen LogP contribution is -2.45. The summed E-state index contributed by atoms with van der Waals surface area (Å²) in [6, 6.07) is 4.17. The summed E-state index contributed by atoms with van der Waals surface area (Å²) in [7, 11) is 1.70. The maximum atomic E-state index is 11.8. The zero-order chi connectivity index (χ0) is 15.5. The van der Waals surface area contributed by atoms with E-state index in [2.05, 4.69) is 5.32 Å². The van der Waals surface area contributed by atoms with Gasteiger partial charge in [0.2, 0.25) is 5.91 Å². The number of rotatable bonds is 4. The maximum absolute atomic E-state index is 11.8. The predicted octanol–water partition coefficient (Wildman–Crippen LogP) is 2.60. The van der Waals surface area contributed by atoms with Crippen molar-refractivity contribution < 1.29 is 9.72 Å². The Kier molecular flexibility index (Phi) is 4.94. The largest absolute Gasteiger partial charge is 0.364 e. The van der Waals surface area contributed by atoms with Crippen molar-refractivity contribution in [2.45, 2.75) is 26.3 Å². The number of nitrogens with one attached hydrogen (secondary N) is 1. The molecule has 0 saturated heterocycles. The first-order valence-electron chi connectivity index (χ1n) is 6.06. The summed E-state index contributed by atoms with van der Waals surface area (Å²) in [5.74, 6) is -0.144. The molecule has 20 heavy (non-hydrogen) atoms. The molecule has 6 nitrogen and oxygen atoms in total. The normalized spacial score (nSPS) is 11.1. The molecule has 110 valence electrons. The quantitative estimate of drug-likeness (QED) is 0.685. The van der Waals surface area contributed by atoms with Crippen LogP contribution in [0.1, 0.15) is 20.8 Å². The van der Waals surface area contributed by atoms with E-state index >= 15 is 0 Å². The van der Waals surface area contributed by atoms with Crippen LogP contribution in [0.5, 0.6) is 0 Å². The lowest BCUT2D eigenvalue weighted by atomic mass is 10.1. The van der Waals surface area contributed by atoms with Crippen LogP contribution in [0.4, 0.5) is 11.4 Å². The van der Waals surface area contributed by atoms with Crippen LogP contribution in [-0.2, 0) is 4.79 Å². The van der Waals surface area contributed by atoms with E-state index in [0.717, 1.165) is 0 Å². The van der Waals surface area contributed by atoms with Crippen LogP contribution >= 0.6 is 11.6 Å². The molecule has 0 radical (unpaired) electrons. The third-order valence-corrected chi connectivity index (χ3v) is 2.75. The van der Waals surface area contributed by atoms with Crippen LogP contribution in [0.25, 0.3) is 0 Å². The number of nitrogens with zero attached hydrogens (tertiary/aromatic N) is 2. The number of carbonyl (C=O) groups is 1. The van der Waals surface area contributed by atoms with Gasteiger partial charge in [0.05, 0.1) is 22.2 Å². The van der Waals surface area contributed by atoms with Gasteiger partial charge in [-0.2, -0.15) is 0 Å². The van der Waals surface area contributed by atoms with Gasteiger partial charge in [-0.15, -0.1) is 0 Å². The number of hydrogen-bond acceptors (Lipinski definition) is 4. The molecule has 0 aliphatic carbocycles. The number of hydrogen-bond donors (Lipinski definition) is 1. The van der Waals surface area contributed by atoms with Crippen molar-refractivity contribution in [1.82, 2.24) is 5.32 Å². The lowest BCUT2D eigenvalue weighted by molar-refractivity contribution is -0.384. The van der Waals surface area contributed by atoms with Crippen LogP contribution in [-0.4, -0.2) is 30.0 Å². The van der Waals surface area contributed by atoms with Crippen molar-refractivity contribution in [3.05, 3.63) is 33.3 Å². The Balaban J connectivity index is 2.80. The summed E-state index contributed by atoms with van der Waals surface area (Å²) < 4.78 is 0. The second-order valence-electron chi connectivity index (χ2n) is 5.55. The molecule has 0 unspecified atom stereocenters. The van der Waals surface area contributed by atoms with E-state index in [0.29, 0.717) is 5.69 Å². The first-order valence-corrected chi connectivity index (χ1v) is 6.44. The average Bonchev–Trinajstić information content (AvgIpc) is 2.25. The van der Waals surface area contributed by atoms with E-state index < -0.39 is 4.92 Å². The highest BCUT2D eigenvalue weighted by Gasteiger charge is 2.17. The van der Waals surface area contributed by atoms with Crippen LogP contribution in [0.15, 0.2) is 18.2 Å². The van der Waals surface area contributed by atoms with E-state index in [1.54, 1.807) is 11.9 Å². The minimum Gasteiger partial charge on any atom is -0.364 e.